The second kappa shape index (κ2) is 3.99. The average molecular weight is 245 g/mol. The fourth-order valence-electron chi connectivity index (χ4n) is 2.90. The lowest BCUT2D eigenvalue weighted by Crippen LogP contribution is -2.26. The van der Waals surface area contributed by atoms with Crippen LogP contribution in [0.3, 0.4) is 0 Å². The van der Waals surface area contributed by atoms with Crippen molar-refractivity contribution in [2.75, 3.05) is 0 Å². The maximum absolute atomic E-state index is 10.2. The molecule has 0 spiro atoms. The molecule has 2 N–H and O–H groups in total. The van der Waals surface area contributed by atoms with E-state index in [0.29, 0.717) is 0 Å². The molecule has 2 aromatic heterocycles. The molecule has 1 aliphatic rings. The molecule has 1 atom stereocenters. The van der Waals surface area contributed by atoms with Gasteiger partial charge in [0.15, 0.2) is 0 Å². The molecule has 1 aliphatic carbocycles. The van der Waals surface area contributed by atoms with Crippen molar-refractivity contribution >= 4 is 0 Å². The maximum atomic E-state index is 10.2. The zero-order valence-electron chi connectivity index (χ0n) is 10.8. The summed E-state index contributed by atoms with van der Waals surface area (Å²) < 4.78 is 2.23. The van der Waals surface area contributed by atoms with Crippen LogP contribution in [0, 0.1) is 5.41 Å². The fourth-order valence-corrected chi connectivity index (χ4v) is 2.90. The highest BCUT2D eigenvalue weighted by atomic mass is 16.3. The summed E-state index contributed by atoms with van der Waals surface area (Å²) in [4.78, 5) is 0. The minimum absolute atomic E-state index is 0.166. The Labute approximate surface area is 107 Å². The standard InChI is InChI=1S/C14H19N3O/c1-14(2)5-12-11(13(18)6-14)3-4-17(12)9-10-7-15-16-8-10/h3-4,7-8,13,18H,5-6,9H2,1-2H3,(H,15,16). The summed E-state index contributed by atoms with van der Waals surface area (Å²) in [7, 11) is 0. The van der Waals surface area contributed by atoms with Gasteiger partial charge in [-0.15, -0.1) is 0 Å². The van der Waals surface area contributed by atoms with Gasteiger partial charge in [0.25, 0.3) is 0 Å². The lowest BCUT2D eigenvalue weighted by atomic mass is 9.75. The minimum atomic E-state index is -0.325. The highest BCUT2D eigenvalue weighted by Gasteiger charge is 2.33. The van der Waals surface area contributed by atoms with Crippen LogP contribution < -0.4 is 0 Å². The Bertz CT molecular complexity index is 539. The second-order valence-corrected chi connectivity index (χ2v) is 6.01. The number of hydrogen-bond donors (Lipinski definition) is 2. The van der Waals surface area contributed by atoms with Crippen molar-refractivity contribution in [3.8, 4) is 0 Å². The average Bonchev–Trinajstić information content (AvgIpc) is 2.88. The Morgan fingerprint density at radius 2 is 2.39 bits per heavy atom. The van der Waals surface area contributed by atoms with E-state index in [-0.39, 0.29) is 11.5 Å². The molecule has 0 bridgehead atoms. The van der Waals surface area contributed by atoms with Crippen LogP contribution in [0.2, 0.25) is 0 Å². The summed E-state index contributed by atoms with van der Waals surface area (Å²) >= 11 is 0. The lowest BCUT2D eigenvalue weighted by molar-refractivity contribution is 0.0981. The number of H-pyrrole nitrogens is 1. The highest BCUT2D eigenvalue weighted by Crippen LogP contribution is 2.41. The van der Waals surface area contributed by atoms with E-state index in [9.17, 15) is 5.11 Å². The first-order valence-electron chi connectivity index (χ1n) is 6.39. The van der Waals surface area contributed by atoms with Gasteiger partial charge in [0.2, 0.25) is 0 Å². The normalized spacial score (nSPS) is 21.8. The van der Waals surface area contributed by atoms with Gasteiger partial charge in [-0.1, -0.05) is 13.8 Å². The predicted molar refractivity (Wildman–Crippen MR) is 69.2 cm³/mol. The number of aliphatic hydroxyl groups excluding tert-OH is 1. The van der Waals surface area contributed by atoms with E-state index in [0.717, 1.165) is 30.5 Å². The topological polar surface area (TPSA) is 53.8 Å². The van der Waals surface area contributed by atoms with Crippen molar-refractivity contribution in [2.24, 2.45) is 5.41 Å². The van der Waals surface area contributed by atoms with Gasteiger partial charge in [0.1, 0.15) is 0 Å². The van der Waals surface area contributed by atoms with E-state index < -0.39 is 0 Å². The molecule has 0 aromatic carbocycles. The molecule has 0 amide bonds. The van der Waals surface area contributed by atoms with Gasteiger partial charge in [0, 0.05) is 29.2 Å². The van der Waals surface area contributed by atoms with Crippen molar-refractivity contribution in [1.29, 1.82) is 0 Å². The highest BCUT2D eigenvalue weighted by molar-refractivity contribution is 5.30. The van der Waals surface area contributed by atoms with Crippen LogP contribution in [0.1, 0.15) is 43.2 Å². The summed E-state index contributed by atoms with van der Waals surface area (Å²) in [6, 6.07) is 2.05. The van der Waals surface area contributed by atoms with Gasteiger partial charge in [-0.2, -0.15) is 5.10 Å². The molecule has 96 valence electrons. The molecule has 0 radical (unpaired) electrons. The van der Waals surface area contributed by atoms with Gasteiger partial charge < -0.3 is 9.67 Å². The molecular formula is C14H19N3O. The molecule has 4 nitrogen and oxygen atoms in total. The fraction of sp³-hybridized carbons (Fsp3) is 0.500. The summed E-state index contributed by atoms with van der Waals surface area (Å²) in [5, 5.41) is 17.0. The molecule has 4 heteroatoms. The summed E-state index contributed by atoms with van der Waals surface area (Å²) in [6.45, 7) is 5.25. The SMILES string of the molecule is CC1(C)Cc2c(ccn2Cc2cn[nH]c2)C(O)C1. The molecule has 2 aromatic rings. The number of hydrogen-bond acceptors (Lipinski definition) is 2. The maximum Gasteiger partial charge on any atom is 0.0812 e. The first kappa shape index (κ1) is 11.5. The predicted octanol–water partition coefficient (Wildman–Crippen LogP) is 2.27. The van der Waals surface area contributed by atoms with E-state index in [4.69, 9.17) is 0 Å². The van der Waals surface area contributed by atoms with Crippen LogP contribution in [-0.4, -0.2) is 19.9 Å². The van der Waals surface area contributed by atoms with E-state index in [2.05, 4.69) is 40.9 Å². The first-order valence-corrected chi connectivity index (χ1v) is 6.39. The van der Waals surface area contributed by atoms with E-state index in [1.165, 1.54) is 5.69 Å². The Balaban J connectivity index is 1.94. The number of rotatable bonds is 2. The van der Waals surface area contributed by atoms with Gasteiger partial charge in [0.05, 0.1) is 18.8 Å². The van der Waals surface area contributed by atoms with Gasteiger partial charge >= 0.3 is 0 Å². The van der Waals surface area contributed by atoms with Crippen molar-refractivity contribution < 1.29 is 5.11 Å². The number of fused-ring (bicyclic) bond motifs is 1. The third-order valence-corrected chi connectivity index (χ3v) is 3.77. The van der Waals surface area contributed by atoms with Crippen LogP contribution in [0.5, 0.6) is 0 Å². The number of aromatic nitrogens is 3. The monoisotopic (exact) mass is 245 g/mol. The number of aliphatic hydroxyl groups is 1. The minimum Gasteiger partial charge on any atom is -0.388 e. The number of nitrogens with zero attached hydrogens (tertiary/aromatic N) is 2. The van der Waals surface area contributed by atoms with Crippen LogP contribution >= 0.6 is 0 Å². The van der Waals surface area contributed by atoms with Gasteiger partial charge in [-0.05, 0) is 24.3 Å². The largest absolute Gasteiger partial charge is 0.388 e. The molecule has 18 heavy (non-hydrogen) atoms. The van der Waals surface area contributed by atoms with Crippen LogP contribution in [0.4, 0.5) is 0 Å². The zero-order valence-corrected chi connectivity index (χ0v) is 10.8. The molecule has 0 fully saturated rings. The van der Waals surface area contributed by atoms with Crippen molar-refractivity contribution in [2.45, 2.75) is 39.3 Å². The molecule has 0 saturated heterocycles. The Hall–Kier alpha value is -1.55. The van der Waals surface area contributed by atoms with Crippen molar-refractivity contribution in [1.82, 2.24) is 14.8 Å². The number of aromatic amines is 1. The molecule has 1 unspecified atom stereocenters. The van der Waals surface area contributed by atoms with Crippen LogP contribution in [-0.2, 0) is 13.0 Å². The lowest BCUT2D eigenvalue weighted by Gasteiger charge is -2.33. The zero-order chi connectivity index (χ0) is 12.8. The van der Waals surface area contributed by atoms with Crippen LogP contribution in [0.25, 0.3) is 0 Å². The molecule has 3 rings (SSSR count). The Morgan fingerprint density at radius 3 is 3.11 bits per heavy atom. The summed E-state index contributed by atoms with van der Waals surface area (Å²) in [5.74, 6) is 0. The smallest absolute Gasteiger partial charge is 0.0812 e. The Kier molecular flexibility index (Phi) is 2.55. The molecular weight excluding hydrogens is 226 g/mol. The van der Waals surface area contributed by atoms with Crippen molar-refractivity contribution in [3.05, 3.63) is 41.5 Å². The second-order valence-electron chi connectivity index (χ2n) is 6.01. The third kappa shape index (κ3) is 1.97. The molecule has 0 aliphatic heterocycles. The third-order valence-electron chi connectivity index (χ3n) is 3.77. The molecule has 2 heterocycles. The first-order chi connectivity index (χ1) is 8.55. The molecule has 0 saturated carbocycles. The Morgan fingerprint density at radius 1 is 1.56 bits per heavy atom. The quantitative estimate of drug-likeness (QED) is 0.852. The van der Waals surface area contributed by atoms with Crippen LogP contribution in [0.15, 0.2) is 24.7 Å². The van der Waals surface area contributed by atoms with E-state index >= 15 is 0 Å². The van der Waals surface area contributed by atoms with Gasteiger partial charge in [-0.3, -0.25) is 5.10 Å². The summed E-state index contributed by atoms with van der Waals surface area (Å²) in [6.07, 6.45) is 7.37. The van der Waals surface area contributed by atoms with Crippen molar-refractivity contribution in [3.63, 3.8) is 0 Å². The number of nitrogens with one attached hydrogen (secondary N) is 1. The van der Waals surface area contributed by atoms with Gasteiger partial charge in [-0.25, -0.2) is 0 Å². The van der Waals surface area contributed by atoms with E-state index in [1.807, 2.05) is 12.4 Å². The van der Waals surface area contributed by atoms with E-state index in [1.54, 1.807) is 0 Å². The summed E-state index contributed by atoms with van der Waals surface area (Å²) in [5.41, 5.74) is 3.68.